The van der Waals surface area contributed by atoms with E-state index in [2.05, 4.69) is 5.10 Å². The van der Waals surface area contributed by atoms with Crippen molar-refractivity contribution in [3.63, 3.8) is 0 Å². The summed E-state index contributed by atoms with van der Waals surface area (Å²) in [5.74, 6) is 0. The first-order valence-corrected chi connectivity index (χ1v) is 5.10. The summed E-state index contributed by atoms with van der Waals surface area (Å²) >= 11 is 0. The van der Waals surface area contributed by atoms with Crippen molar-refractivity contribution in [1.82, 2.24) is 9.78 Å². The Kier molecular flexibility index (Phi) is 2.84. The van der Waals surface area contributed by atoms with E-state index in [9.17, 15) is 0 Å². The predicted molar refractivity (Wildman–Crippen MR) is 53.6 cm³/mol. The van der Waals surface area contributed by atoms with E-state index in [4.69, 9.17) is 10.5 Å². The van der Waals surface area contributed by atoms with E-state index in [1.807, 2.05) is 19.4 Å². The van der Waals surface area contributed by atoms with Gasteiger partial charge in [0.15, 0.2) is 0 Å². The van der Waals surface area contributed by atoms with Gasteiger partial charge in [-0.25, -0.2) is 0 Å². The van der Waals surface area contributed by atoms with Crippen LogP contribution >= 0.6 is 0 Å². The second-order valence-corrected chi connectivity index (χ2v) is 3.97. The van der Waals surface area contributed by atoms with Crippen LogP contribution in [-0.2, 0) is 18.4 Å². The van der Waals surface area contributed by atoms with Gasteiger partial charge in [-0.1, -0.05) is 0 Å². The molecule has 2 rings (SSSR count). The summed E-state index contributed by atoms with van der Waals surface area (Å²) in [6, 6.07) is 0.228. The fraction of sp³-hybridized carbons (Fsp3) is 0.700. The van der Waals surface area contributed by atoms with Crippen molar-refractivity contribution in [2.75, 3.05) is 0 Å². The van der Waals surface area contributed by atoms with Crippen LogP contribution in [0, 0.1) is 0 Å². The van der Waals surface area contributed by atoms with Crippen molar-refractivity contribution in [3.05, 3.63) is 18.0 Å². The minimum Gasteiger partial charge on any atom is -0.372 e. The van der Waals surface area contributed by atoms with Gasteiger partial charge in [0, 0.05) is 24.8 Å². The molecule has 2 atom stereocenters. The predicted octanol–water partition coefficient (Wildman–Crippen LogP) is 0.816. The molecule has 2 unspecified atom stereocenters. The van der Waals surface area contributed by atoms with E-state index in [0.29, 0.717) is 6.61 Å². The number of nitrogens with zero attached hydrogens (tertiary/aromatic N) is 2. The Labute approximate surface area is 84.0 Å². The van der Waals surface area contributed by atoms with Crippen LogP contribution in [0.3, 0.4) is 0 Å². The second-order valence-electron chi connectivity index (χ2n) is 3.97. The topological polar surface area (TPSA) is 53.1 Å². The maximum absolute atomic E-state index is 5.90. The summed E-state index contributed by atoms with van der Waals surface area (Å²) < 4.78 is 7.52. The molecule has 1 aromatic rings. The first-order chi connectivity index (χ1) is 6.75. The third-order valence-electron chi connectivity index (χ3n) is 2.73. The molecule has 1 saturated carbocycles. The first-order valence-electron chi connectivity index (χ1n) is 5.10. The molecule has 1 fully saturated rings. The number of aromatic nitrogens is 2. The van der Waals surface area contributed by atoms with Crippen LogP contribution in [-0.4, -0.2) is 21.9 Å². The lowest BCUT2D eigenvalue weighted by molar-refractivity contribution is 0.0357. The van der Waals surface area contributed by atoms with Gasteiger partial charge in [0.2, 0.25) is 0 Å². The van der Waals surface area contributed by atoms with Crippen LogP contribution in [0.25, 0.3) is 0 Å². The number of hydrogen-bond acceptors (Lipinski definition) is 3. The van der Waals surface area contributed by atoms with Gasteiger partial charge in [-0.3, -0.25) is 4.68 Å². The molecule has 2 N–H and O–H groups in total. The lowest BCUT2D eigenvalue weighted by Gasteiger charge is -2.15. The highest BCUT2D eigenvalue weighted by Gasteiger charge is 2.24. The first kappa shape index (κ1) is 9.68. The minimum atomic E-state index is 0.228. The largest absolute Gasteiger partial charge is 0.372 e. The summed E-state index contributed by atoms with van der Waals surface area (Å²) in [5.41, 5.74) is 7.02. The average molecular weight is 195 g/mol. The van der Waals surface area contributed by atoms with E-state index in [0.717, 1.165) is 18.4 Å². The highest BCUT2D eigenvalue weighted by Crippen LogP contribution is 2.21. The minimum absolute atomic E-state index is 0.228. The van der Waals surface area contributed by atoms with Gasteiger partial charge in [0.25, 0.3) is 0 Å². The van der Waals surface area contributed by atoms with Crippen molar-refractivity contribution >= 4 is 0 Å². The molecule has 1 heterocycles. The molecular weight excluding hydrogens is 178 g/mol. The standard InChI is InChI=1S/C10H17N3O/c1-13-6-8(5-12-13)7-14-10-4-2-3-9(10)11/h5-6,9-10H,2-4,7,11H2,1H3. The molecule has 0 saturated heterocycles. The van der Waals surface area contributed by atoms with Gasteiger partial charge in [-0.15, -0.1) is 0 Å². The fourth-order valence-corrected chi connectivity index (χ4v) is 1.91. The molecule has 4 heteroatoms. The summed E-state index contributed by atoms with van der Waals surface area (Å²) in [7, 11) is 1.91. The maximum Gasteiger partial charge on any atom is 0.0752 e. The van der Waals surface area contributed by atoms with E-state index in [1.54, 1.807) is 4.68 Å². The Morgan fingerprint density at radius 2 is 2.50 bits per heavy atom. The van der Waals surface area contributed by atoms with Crippen LogP contribution in [0.2, 0.25) is 0 Å². The molecule has 0 aromatic carbocycles. The van der Waals surface area contributed by atoms with Crippen LogP contribution in [0.4, 0.5) is 0 Å². The molecule has 1 aliphatic carbocycles. The Morgan fingerprint density at radius 1 is 1.64 bits per heavy atom. The zero-order valence-electron chi connectivity index (χ0n) is 8.52. The lowest BCUT2D eigenvalue weighted by atomic mass is 10.2. The van der Waals surface area contributed by atoms with Crippen molar-refractivity contribution in [1.29, 1.82) is 0 Å². The van der Waals surface area contributed by atoms with Crippen molar-refractivity contribution in [2.45, 2.75) is 38.0 Å². The van der Waals surface area contributed by atoms with Gasteiger partial charge in [-0.05, 0) is 19.3 Å². The SMILES string of the molecule is Cn1cc(COC2CCCC2N)cn1. The smallest absolute Gasteiger partial charge is 0.0752 e. The lowest BCUT2D eigenvalue weighted by Crippen LogP contribution is -2.31. The van der Waals surface area contributed by atoms with Crippen molar-refractivity contribution in [2.24, 2.45) is 12.8 Å². The Morgan fingerprint density at radius 3 is 3.07 bits per heavy atom. The highest BCUT2D eigenvalue weighted by molar-refractivity contribution is 5.01. The molecule has 14 heavy (non-hydrogen) atoms. The molecule has 1 aliphatic rings. The van der Waals surface area contributed by atoms with Crippen LogP contribution in [0.1, 0.15) is 24.8 Å². The van der Waals surface area contributed by atoms with Crippen LogP contribution in [0.5, 0.6) is 0 Å². The molecular formula is C10H17N3O. The second kappa shape index (κ2) is 4.11. The third-order valence-corrected chi connectivity index (χ3v) is 2.73. The molecule has 78 valence electrons. The molecule has 0 bridgehead atoms. The van der Waals surface area contributed by atoms with E-state index in [-0.39, 0.29) is 12.1 Å². The molecule has 0 spiro atoms. The van der Waals surface area contributed by atoms with E-state index >= 15 is 0 Å². The number of hydrogen-bond donors (Lipinski definition) is 1. The molecule has 0 radical (unpaired) electrons. The number of ether oxygens (including phenoxy) is 1. The monoisotopic (exact) mass is 195 g/mol. The van der Waals surface area contributed by atoms with Gasteiger partial charge < -0.3 is 10.5 Å². The van der Waals surface area contributed by atoms with Crippen LogP contribution < -0.4 is 5.73 Å². The van der Waals surface area contributed by atoms with Crippen molar-refractivity contribution < 1.29 is 4.74 Å². The molecule has 4 nitrogen and oxygen atoms in total. The molecule has 0 aliphatic heterocycles. The summed E-state index contributed by atoms with van der Waals surface area (Å²) in [4.78, 5) is 0. The molecule has 1 aromatic heterocycles. The number of rotatable bonds is 3. The van der Waals surface area contributed by atoms with E-state index < -0.39 is 0 Å². The Hall–Kier alpha value is -0.870. The van der Waals surface area contributed by atoms with Crippen molar-refractivity contribution in [3.8, 4) is 0 Å². The average Bonchev–Trinajstić information content (AvgIpc) is 2.72. The Balaban J connectivity index is 1.82. The van der Waals surface area contributed by atoms with Crippen LogP contribution in [0.15, 0.2) is 12.4 Å². The van der Waals surface area contributed by atoms with Gasteiger partial charge >= 0.3 is 0 Å². The summed E-state index contributed by atoms with van der Waals surface area (Å²) in [6.07, 6.45) is 7.44. The fourth-order valence-electron chi connectivity index (χ4n) is 1.91. The summed E-state index contributed by atoms with van der Waals surface area (Å²) in [6.45, 7) is 0.631. The van der Waals surface area contributed by atoms with Gasteiger partial charge in [-0.2, -0.15) is 5.10 Å². The summed E-state index contributed by atoms with van der Waals surface area (Å²) in [5, 5.41) is 4.09. The zero-order chi connectivity index (χ0) is 9.97. The zero-order valence-corrected chi connectivity index (χ0v) is 8.52. The molecule has 0 amide bonds. The quantitative estimate of drug-likeness (QED) is 0.776. The maximum atomic E-state index is 5.90. The normalized spacial score (nSPS) is 27.0. The third kappa shape index (κ3) is 2.13. The highest BCUT2D eigenvalue weighted by atomic mass is 16.5. The van der Waals surface area contributed by atoms with E-state index in [1.165, 1.54) is 6.42 Å². The number of nitrogens with two attached hydrogens (primary N) is 1. The Bertz CT molecular complexity index is 297. The van der Waals surface area contributed by atoms with Gasteiger partial charge in [0.1, 0.15) is 0 Å². The number of aryl methyl sites for hydroxylation is 1. The van der Waals surface area contributed by atoms with Gasteiger partial charge in [0.05, 0.1) is 18.9 Å².